The Morgan fingerprint density at radius 1 is 0.971 bits per heavy atom. The van der Waals surface area contributed by atoms with Crippen LogP contribution in [0.15, 0.2) is 53.4 Å². The van der Waals surface area contributed by atoms with Gasteiger partial charge in [0.2, 0.25) is 15.9 Å². The highest BCUT2D eigenvalue weighted by Gasteiger charge is 2.32. The van der Waals surface area contributed by atoms with E-state index in [0.717, 1.165) is 12.0 Å². The molecule has 34 heavy (non-hydrogen) atoms. The summed E-state index contributed by atoms with van der Waals surface area (Å²) in [5.41, 5.74) is 2.57. The third-order valence-corrected chi connectivity index (χ3v) is 8.26. The number of morpholine rings is 1. The van der Waals surface area contributed by atoms with E-state index in [2.05, 4.69) is 11.4 Å². The predicted octanol–water partition coefficient (Wildman–Crippen LogP) is 2.05. The van der Waals surface area contributed by atoms with Crippen molar-refractivity contribution in [3.05, 3.63) is 65.2 Å². The number of amides is 2. The third-order valence-electron chi connectivity index (χ3n) is 6.37. The van der Waals surface area contributed by atoms with Crippen molar-refractivity contribution in [2.24, 2.45) is 5.92 Å². The van der Waals surface area contributed by atoms with E-state index < -0.39 is 22.0 Å². The van der Waals surface area contributed by atoms with Gasteiger partial charge in [0.1, 0.15) is 6.04 Å². The van der Waals surface area contributed by atoms with Crippen molar-refractivity contribution in [2.75, 3.05) is 32.8 Å². The standard InChI is InChI=1S/C25H31N3O5S/c1-18(2)23(25(30)27-11-10-19-6-3-4-7-21(19)17-27)26-24(29)20-8-5-9-22(16-20)34(31,32)28-12-14-33-15-13-28/h3-9,16,18,23H,10-15,17H2,1-2H3,(H,26,29)/t23-/m0/s1. The molecule has 0 radical (unpaired) electrons. The summed E-state index contributed by atoms with van der Waals surface area (Å²) in [5.74, 6) is -0.729. The van der Waals surface area contributed by atoms with Crippen LogP contribution in [0.4, 0.5) is 0 Å². The Morgan fingerprint density at radius 3 is 2.38 bits per heavy atom. The number of carbonyl (C=O) groups is 2. The molecular weight excluding hydrogens is 454 g/mol. The highest BCUT2D eigenvalue weighted by molar-refractivity contribution is 7.89. The van der Waals surface area contributed by atoms with Crippen LogP contribution in [0.5, 0.6) is 0 Å². The van der Waals surface area contributed by atoms with Crippen molar-refractivity contribution in [3.63, 3.8) is 0 Å². The molecule has 0 bridgehead atoms. The fourth-order valence-electron chi connectivity index (χ4n) is 4.35. The number of nitrogens with one attached hydrogen (secondary N) is 1. The maximum atomic E-state index is 13.3. The van der Waals surface area contributed by atoms with E-state index in [0.29, 0.717) is 26.3 Å². The molecule has 2 aromatic carbocycles. The van der Waals surface area contributed by atoms with E-state index in [1.165, 1.54) is 22.0 Å². The highest BCUT2D eigenvalue weighted by atomic mass is 32.2. The van der Waals surface area contributed by atoms with Crippen molar-refractivity contribution in [1.29, 1.82) is 0 Å². The number of rotatable bonds is 6. The van der Waals surface area contributed by atoms with Crippen molar-refractivity contribution in [2.45, 2.75) is 37.8 Å². The molecule has 2 aliphatic rings. The summed E-state index contributed by atoms with van der Waals surface area (Å²) in [4.78, 5) is 28.3. The van der Waals surface area contributed by atoms with Crippen molar-refractivity contribution < 1.29 is 22.7 Å². The van der Waals surface area contributed by atoms with Gasteiger partial charge in [-0.3, -0.25) is 9.59 Å². The molecule has 182 valence electrons. The molecular formula is C25H31N3O5S. The van der Waals surface area contributed by atoms with Crippen LogP contribution in [0.1, 0.15) is 35.3 Å². The number of nitrogens with zero attached hydrogens (tertiary/aromatic N) is 2. The lowest BCUT2D eigenvalue weighted by atomic mass is 9.97. The average molecular weight is 486 g/mol. The smallest absolute Gasteiger partial charge is 0.251 e. The molecule has 0 aliphatic carbocycles. The number of hydrogen-bond acceptors (Lipinski definition) is 5. The lowest BCUT2D eigenvalue weighted by molar-refractivity contribution is -0.135. The van der Waals surface area contributed by atoms with E-state index in [4.69, 9.17) is 4.74 Å². The zero-order valence-electron chi connectivity index (χ0n) is 19.6. The first-order chi connectivity index (χ1) is 16.3. The topological polar surface area (TPSA) is 96.0 Å². The van der Waals surface area contributed by atoms with Crippen molar-refractivity contribution >= 4 is 21.8 Å². The summed E-state index contributed by atoms with van der Waals surface area (Å²) in [5, 5.41) is 2.85. The van der Waals surface area contributed by atoms with E-state index in [1.54, 1.807) is 17.0 Å². The summed E-state index contributed by atoms with van der Waals surface area (Å²) >= 11 is 0. The van der Waals surface area contributed by atoms with Crippen molar-refractivity contribution in [1.82, 2.24) is 14.5 Å². The van der Waals surface area contributed by atoms with Gasteiger partial charge in [0.15, 0.2) is 0 Å². The van der Waals surface area contributed by atoms with Crippen LogP contribution in [0, 0.1) is 5.92 Å². The molecule has 2 heterocycles. The van der Waals surface area contributed by atoms with E-state index >= 15 is 0 Å². The number of sulfonamides is 1. The normalized spacial score (nSPS) is 17.8. The van der Waals surface area contributed by atoms with Gasteiger partial charge in [0.05, 0.1) is 18.1 Å². The van der Waals surface area contributed by atoms with E-state index in [1.807, 2.05) is 32.0 Å². The molecule has 0 aromatic heterocycles. The Hall–Kier alpha value is -2.75. The molecule has 0 spiro atoms. The van der Waals surface area contributed by atoms with E-state index in [9.17, 15) is 18.0 Å². The van der Waals surface area contributed by atoms with Gasteiger partial charge in [0, 0.05) is 31.7 Å². The second-order valence-electron chi connectivity index (χ2n) is 9.02. The molecule has 2 aliphatic heterocycles. The number of hydrogen-bond donors (Lipinski definition) is 1. The average Bonchev–Trinajstić information content (AvgIpc) is 2.86. The van der Waals surface area contributed by atoms with Crippen molar-refractivity contribution in [3.8, 4) is 0 Å². The summed E-state index contributed by atoms with van der Waals surface area (Å²) < 4.78 is 32.6. The van der Waals surface area contributed by atoms with Crippen LogP contribution in [0.25, 0.3) is 0 Å². The van der Waals surface area contributed by atoms with Gasteiger partial charge in [-0.1, -0.05) is 44.2 Å². The number of ether oxygens (including phenoxy) is 1. The van der Waals surface area contributed by atoms with Crippen LogP contribution in [0.2, 0.25) is 0 Å². The lowest BCUT2D eigenvalue weighted by Gasteiger charge is -2.33. The summed E-state index contributed by atoms with van der Waals surface area (Å²) in [6.07, 6.45) is 0.780. The number of benzene rings is 2. The summed E-state index contributed by atoms with van der Waals surface area (Å²) in [6, 6.07) is 13.3. The molecule has 1 fully saturated rings. The van der Waals surface area contributed by atoms with Crippen LogP contribution in [-0.4, -0.2) is 68.3 Å². The van der Waals surface area contributed by atoms with Gasteiger partial charge in [-0.15, -0.1) is 0 Å². The first-order valence-corrected chi connectivity index (χ1v) is 13.1. The first-order valence-electron chi connectivity index (χ1n) is 11.6. The first kappa shape index (κ1) is 24.4. The van der Waals surface area contributed by atoms with Gasteiger partial charge in [-0.25, -0.2) is 8.42 Å². The Bertz CT molecular complexity index is 1160. The zero-order chi connectivity index (χ0) is 24.3. The van der Waals surface area contributed by atoms with Crippen LogP contribution in [-0.2, 0) is 32.5 Å². The molecule has 4 rings (SSSR count). The Kier molecular flexibility index (Phi) is 7.35. The van der Waals surface area contributed by atoms with Crippen LogP contribution >= 0.6 is 0 Å². The summed E-state index contributed by atoms with van der Waals surface area (Å²) in [7, 11) is -3.73. The quantitative estimate of drug-likeness (QED) is 0.676. The molecule has 1 atom stereocenters. The molecule has 0 unspecified atom stereocenters. The second kappa shape index (κ2) is 10.2. The Labute approximate surface area is 200 Å². The third kappa shape index (κ3) is 5.16. The number of fused-ring (bicyclic) bond motifs is 1. The minimum atomic E-state index is -3.73. The number of carbonyl (C=O) groups excluding carboxylic acids is 2. The molecule has 2 aromatic rings. The monoisotopic (exact) mass is 485 g/mol. The van der Waals surface area contributed by atoms with Crippen LogP contribution in [0.3, 0.4) is 0 Å². The molecule has 1 N–H and O–H groups in total. The second-order valence-corrected chi connectivity index (χ2v) is 11.0. The predicted molar refractivity (Wildman–Crippen MR) is 128 cm³/mol. The SMILES string of the molecule is CC(C)[C@H](NC(=O)c1cccc(S(=O)(=O)N2CCOCC2)c1)C(=O)N1CCc2ccccc2C1. The molecule has 9 heteroatoms. The highest BCUT2D eigenvalue weighted by Crippen LogP contribution is 2.21. The van der Waals surface area contributed by atoms with Crippen LogP contribution < -0.4 is 5.32 Å². The maximum Gasteiger partial charge on any atom is 0.251 e. The minimum Gasteiger partial charge on any atom is -0.379 e. The molecule has 0 saturated carbocycles. The van der Waals surface area contributed by atoms with E-state index in [-0.39, 0.29) is 35.4 Å². The van der Waals surface area contributed by atoms with Gasteiger partial charge < -0.3 is 15.0 Å². The zero-order valence-corrected chi connectivity index (χ0v) is 20.4. The molecule has 1 saturated heterocycles. The fourth-order valence-corrected chi connectivity index (χ4v) is 5.81. The lowest BCUT2D eigenvalue weighted by Crippen LogP contribution is -2.52. The van der Waals surface area contributed by atoms with Gasteiger partial charge in [0.25, 0.3) is 5.91 Å². The van der Waals surface area contributed by atoms with Gasteiger partial charge >= 0.3 is 0 Å². The van der Waals surface area contributed by atoms with Gasteiger partial charge in [-0.05, 0) is 41.7 Å². The largest absolute Gasteiger partial charge is 0.379 e. The fraction of sp³-hybridized carbons (Fsp3) is 0.440. The summed E-state index contributed by atoms with van der Waals surface area (Å²) in [6.45, 7) is 6.14. The molecule has 2 amide bonds. The Balaban J connectivity index is 1.49. The minimum absolute atomic E-state index is 0.0575. The van der Waals surface area contributed by atoms with Gasteiger partial charge in [-0.2, -0.15) is 4.31 Å². The maximum absolute atomic E-state index is 13.3. The Morgan fingerprint density at radius 2 is 1.68 bits per heavy atom. The molecule has 8 nitrogen and oxygen atoms in total.